The molecule has 2 unspecified atom stereocenters. The van der Waals surface area contributed by atoms with Gasteiger partial charge in [0.05, 0.1) is 5.60 Å². The van der Waals surface area contributed by atoms with E-state index >= 15 is 0 Å². The molecule has 0 aromatic heterocycles. The van der Waals surface area contributed by atoms with E-state index in [-0.39, 0.29) is 11.5 Å². The molecule has 0 aliphatic carbocycles. The van der Waals surface area contributed by atoms with Crippen molar-refractivity contribution in [3.8, 4) is 0 Å². The van der Waals surface area contributed by atoms with Gasteiger partial charge in [0.1, 0.15) is 5.60 Å². The van der Waals surface area contributed by atoms with Crippen LogP contribution >= 0.6 is 0 Å². The maximum atomic E-state index is 12.9. The van der Waals surface area contributed by atoms with Gasteiger partial charge in [0.2, 0.25) is 0 Å². The lowest BCUT2D eigenvalue weighted by Crippen LogP contribution is -2.51. The molecule has 3 heterocycles. The van der Waals surface area contributed by atoms with E-state index in [4.69, 9.17) is 14.2 Å². The summed E-state index contributed by atoms with van der Waals surface area (Å²) in [5, 5.41) is 0. The monoisotopic (exact) mass is 282 g/mol. The van der Waals surface area contributed by atoms with Crippen LogP contribution in [0.1, 0.15) is 51.9 Å². The van der Waals surface area contributed by atoms with Gasteiger partial charge in [0, 0.05) is 32.3 Å². The van der Waals surface area contributed by atoms with Crippen molar-refractivity contribution in [2.45, 2.75) is 63.1 Å². The van der Waals surface area contributed by atoms with Crippen molar-refractivity contribution in [2.24, 2.45) is 5.92 Å². The molecular weight excluding hydrogens is 256 g/mol. The molecule has 114 valence electrons. The van der Waals surface area contributed by atoms with E-state index in [2.05, 4.69) is 0 Å². The number of carbonyl (C=O) groups is 1. The highest BCUT2D eigenvalue weighted by Crippen LogP contribution is 2.40. The maximum Gasteiger partial charge on any atom is 0.167 e. The van der Waals surface area contributed by atoms with Crippen molar-refractivity contribution >= 4 is 5.78 Å². The summed E-state index contributed by atoms with van der Waals surface area (Å²) < 4.78 is 17.3. The maximum absolute atomic E-state index is 12.9. The molecule has 4 heteroatoms. The van der Waals surface area contributed by atoms with E-state index in [0.29, 0.717) is 12.4 Å². The van der Waals surface area contributed by atoms with E-state index in [1.165, 1.54) is 0 Å². The Balaban J connectivity index is 1.68. The van der Waals surface area contributed by atoms with Crippen LogP contribution in [0.15, 0.2) is 0 Å². The van der Waals surface area contributed by atoms with Crippen molar-refractivity contribution in [1.29, 1.82) is 0 Å². The highest BCUT2D eigenvalue weighted by Gasteiger charge is 2.46. The molecule has 0 bridgehead atoms. The summed E-state index contributed by atoms with van der Waals surface area (Å²) in [6.45, 7) is 4.93. The predicted octanol–water partition coefficient (Wildman–Crippen LogP) is 2.49. The number of Topliss-reactive ketones (excluding diaryl/α,β-unsaturated/α-hetero) is 1. The lowest BCUT2D eigenvalue weighted by Gasteiger charge is -2.45. The third-order valence-corrected chi connectivity index (χ3v) is 5.26. The molecular formula is C16H26O4. The molecule has 3 fully saturated rings. The van der Waals surface area contributed by atoms with Crippen LogP contribution in [-0.2, 0) is 19.0 Å². The molecule has 3 aliphatic heterocycles. The molecule has 3 aliphatic rings. The zero-order chi connectivity index (χ0) is 14.1. The Kier molecular flexibility index (Phi) is 4.16. The third-order valence-electron chi connectivity index (χ3n) is 5.26. The summed E-state index contributed by atoms with van der Waals surface area (Å²) in [5.74, 6) is 0.413. The smallest absolute Gasteiger partial charge is 0.167 e. The molecule has 1 spiro atoms. The first-order chi connectivity index (χ1) is 9.64. The zero-order valence-electron chi connectivity index (χ0n) is 12.5. The fourth-order valence-electron chi connectivity index (χ4n) is 3.90. The lowest BCUT2D eigenvalue weighted by molar-refractivity contribution is -0.172. The van der Waals surface area contributed by atoms with Crippen LogP contribution in [0.5, 0.6) is 0 Å². The summed E-state index contributed by atoms with van der Waals surface area (Å²) >= 11 is 0. The second-order valence-electron chi connectivity index (χ2n) is 6.73. The summed E-state index contributed by atoms with van der Waals surface area (Å²) in [5.41, 5.74) is -0.658. The Hall–Kier alpha value is -0.450. The van der Waals surface area contributed by atoms with Crippen LogP contribution in [0.25, 0.3) is 0 Å². The Morgan fingerprint density at radius 3 is 2.50 bits per heavy atom. The van der Waals surface area contributed by atoms with Gasteiger partial charge in [-0.05, 0) is 51.9 Å². The quantitative estimate of drug-likeness (QED) is 0.780. The van der Waals surface area contributed by atoms with Gasteiger partial charge in [0.25, 0.3) is 0 Å². The Morgan fingerprint density at radius 1 is 1.00 bits per heavy atom. The van der Waals surface area contributed by atoms with Crippen molar-refractivity contribution in [1.82, 2.24) is 0 Å². The Morgan fingerprint density at radius 2 is 1.80 bits per heavy atom. The van der Waals surface area contributed by atoms with Crippen molar-refractivity contribution in [2.75, 3.05) is 26.4 Å². The highest BCUT2D eigenvalue weighted by molar-refractivity contribution is 5.89. The second kappa shape index (κ2) is 5.74. The number of hydrogen-bond donors (Lipinski definition) is 0. The molecule has 0 N–H and O–H groups in total. The standard InChI is InChI=1S/C16H26O4/c1-15(5-2-3-8-19-15)14(17)13-4-9-20-16(12-13)6-10-18-11-7-16/h13H,2-12H2,1H3. The molecule has 3 rings (SSSR count). The predicted molar refractivity (Wildman–Crippen MR) is 74.7 cm³/mol. The first-order valence-corrected chi connectivity index (χ1v) is 8.04. The minimum atomic E-state index is -0.549. The topological polar surface area (TPSA) is 44.8 Å². The van der Waals surface area contributed by atoms with Gasteiger partial charge >= 0.3 is 0 Å². The van der Waals surface area contributed by atoms with Crippen molar-refractivity contribution < 1.29 is 19.0 Å². The van der Waals surface area contributed by atoms with E-state index in [1.54, 1.807) is 0 Å². The van der Waals surface area contributed by atoms with Gasteiger partial charge in [-0.15, -0.1) is 0 Å². The van der Waals surface area contributed by atoms with Gasteiger partial charge in [-0.3, -0.25) is 4.79 Å². The number of hydrogen-bond acceptors (Lipinski definition) is 4. The minimum Gasteiger partial charge on any atom is -0.381 e. The molecule has 2 atom stereocenters. The normalized spacial score (nSPS) is 37.8. The summed E-state index contributed by atoms with van der Waals surface area (Å²) in [4.78, 5) is 12.9. The molecule has 0 amide bonds. The number of ketones is 1. The highest BCUT2D eigenvalue weighted by atomic mass is 16.5. The van der Waals surface area contributed by atoms with Crippen LogP contribution < -0.4 is 0 Å². The largest absolute Gasteiger partial charge is 0.381 e. The van der Waals surface area contributed by atoms with E-state index in [0.717, 1.165) is 64.8 Å². The summed E-state index contributed by atoms with van der Waals surface area (Å²) in [7, 11) is 0. The average molecular weight is 282 g/mol. The van der Waals surface area contributed by atoms with Crippen LogP contribution in [0, 0.1) is 5.92 Å². The molecule has 0 aromatic carbocycles. The first kappa shape index (κ1) is 14.5. The Labute approximate surface area is 121 Å². The van der Waals surface area contributed by atoms with E-state index in [9.17, 15) is 4.79 Å². The number of carbonyl (C=O) groups excluding carboxylic acids is 1. The average Bonchev–Trinajstić information content (AvgIpc) is 2.48. The lowest BCUT2D eigenvalue weighted by atomic mass is 9.74. The second-order valence-corrected chi connectivity index (χ2v) is 6.73. The third kappa shape index (κ3) is 2.78. The van der Waals surface area contributed by atoms with Crippen LogP contribution in [0.4, 0.5) is 0 Å². The first-order valence-electron chi connectivity index (χ1n) is 8.04. The van der Waals surface area contributed by atoms with Crippen LogP contribution in [-0.4, -0.2) is 43.4 Å². The van der Waals surface area contributed by atoms with Crippen molar-refractivity contribution in [3.63, 3.8) is 0 Å². The number of rotatable bonds is 2. The van der Waals surface area contributed by atoms with E-state index in [1.807, 2.05) is 6.92 Å². The minimum absolute atomic E-state index is 0.102. The molecule has 4 nitrogen and oxygen atoms in total. The molecule has 3 saturated heterocycles. The van der Waals surface area contributed by atoms with Gasteiger partial charge in [0.15, 0.2) is 5.78 Å². The fraction of sp³-hybridized carbons (Fsp3) is 0.938. The zero-order valence-corrected chi connectivity index (χ0v) is 12.5. The van der Waals surface area contributed by atoms with Crippen LogP contribution in [0.3, 0.4) is 0 Å². The van der Waals surface area contributed by atoms with Crippen LogP contribution in [0.2, 0.25) is 0 Å². The van der Waals surface area contributed by atoms with E-state index < -0.39 is 5.60 Å². The summed E-state index contributed by atoms with van der Waals surface area (Å²) in [6.07, 6.45) is 6.61. The van der Waals surface area contributed by atoms with Gasteiger partial charge in [-0.25, -0.2) is 0 Å². The van der Waals surface area contributed by atoms with Gasteiger partial charge < -0.3 is 14.2 Å². The van der Waals surface area contributed by atoms with Gasteiger partial charge in [-0.2, -0.15) is 0 Å². The molecule has 20 heavy (non-hydrogen) atoms. The Bertz CT molecular complexity index is 348. The molecule has 0 aromatic rings. The number of ether oxygens (including phenoxy) is 3. The SMILES string of the molecule is CC1(C(=O)C2CCOC3(CCOCC3)C2)CCCCO1. The van der Waals surface area contributed by atoms with Gasteiger partial charge in [-0.1, -0.05) is 0 Å². The summed E-state index contributed by atoms with van der Waals surface area (Å²) in [6, 6.07) is 0. The fourth-order valence-corrected chi connectivity index (χ4v) is 3.90. The molecule has 0 radical (unpaired) electrons. The molecule has 0 saturated carbocycles. The van der Waals surface area contributed by atoms with Crippen molar-refractivity contribution in [3.05, 3.63) is 0 Å².